The maximum atomic E-state index is 11.8. The molecule has 0 spiro atoms. The van der Waals surface area contributed by atoms with Crippen LogP contribution in [-0.4, -0.2) is 16.1 Å². The molecule has 0 radical (unpaired) electrons. The third-order valence-corrected chi connectivity index (χ3v) is 2.44. The summed E-state index contributed by atoms with van der Waals surface area (Å²) in [6.45, 7) is 2.04. The molecule has 0 aliphatic carbocycles. The van der Waals surface area contributed by atoms with E-state index in [1.807, 2.05) is 6.92 Å². The van der Waals surface area contributed by atoms with Crippen LogP contribution in [0.4, 0.5) is 0 Å². The second-order valence-electron chi connectivity index (χ2n) is 3.90. The number of phenolic OH excluding ortho intramolecular Hbond substituents is 2. The molecule has 18 heavy (non-hydrogen) atoms. The monoisotopic (exact) mass is 247 g/mol. The molecule has 1 aromatic heterocycles. The van der Waals surface area contributed by atoms with Gasteiger partial charge in [0.25, 0.3) is 5.91 Å². The first-order valence-electron chi connectivity index (χ1n) is 5.42. The second-order valence-corrected chi connectivity index (χ2v) is 3.90. The van der Waals surface area contributed by atoms with Crippen molar-refractivity contribution < 1.29 is 19.4 Å². The van der Waals surface area contributed by atoms with Gasteiger partial charge in [-0.3, -0.25) is 4.79 Å². The molecule has 0 saturated heterocycles. The van der Waals surface area contributed by atoms with Crippen molar-refractivity contribution in [3.63, 3.8) is 0 Å². The fraction of sp³-hybridized carbons (Fsp3) is 0.154. The lowest BCUT2D eigenvalue weighted by Gasteiger charge is -2.05. The van der Waals surface area contributed by atoms with Crippen molar-refractivity contribution in [2.75, 3.05) is 0 Å². The van der Waals surface area contributed by atoms with Crippen molar-refractivity contribution in [3.05, 3.63) is 47.4 Å². The van der Waals surface area contributed by atoms with Crippen LogP contribution in [0.15, 0.2) is 34.7 Å². The predicted molar refractivity (Wildman–Crippen MR) is 64.4 cm³/mol. The standard InChI is InChI=1S/C13H13NO4/c1-8-2-4-10(18-8)7-14-13(17)11-6-9(15)3-5-12(11)16/h2-6,15-16H,7H2,1H3,(H,14,17). The molecule has 1 heterocycles. The molecule has 5 nitrogen and oxygen atoms in total. The van der Waals surface area contributed by atoms with Gasteiger partial charge in [-0.05, 0) is 37.3 Å². The van der Waals surface area contributed by atoms with Crippen molar-refractivity contribution in [3.8, 4) is 11.5 Å². The molecule has 1 aromatic carbocycles. The minimum Gasteiger partial charge on any atom is -0.508 e. The number of rotatable bonds is 3. The number of carbonyl (C=O) groups excluding carboxylic acids is 1. The Labute approximate surface area is 104 Å². The molecule has 0 aliphatic heterocycles. The van der Waals surface area contributed by atoms with Crippen LogP contribution in [0.25, 0.3) is 0 Å². The molecule has 0 saturated carbocycles. The number of benzene rings is 1. The smallest absolute Gasteiger partial charge is 0.255 e. The highest BCUT2D eigenvalue weighted by atomic mass is 16.3. The summed E-state index contributed by atoms with van der Waals surface area (Å²) in [6.07, 6.45) is 0. The molecule has 2 aromatic rings. The Morgan fingerprint density at radius 1 is 1.28 bits per heavy atom. The van der Waals surface area contributed by atoms with Gasteiger partial charge in [0.15, 0.2) is 0 Å². The van der Waals surface area contributed by atoms with Crippen molar-refractivity contribution in [2.24, 2.45) is 0 Å². The van der Waals surface area contributed by atoms with Gasteiger partial charge in [0, 0.05) is 0 Å². The van der Waals surface area contributed by atoms with Crippen molar-refractivity contribution in [2.45, 2.75) is 13.5 Å². The van der Waals surface area contributed by atoms with E-state index in [0.29, 0.717) is 5.76 Å². The lowest BCUT2D eigenvalue weighted by molar-refractivity contribution is 0.0945. The highest BCUT2D eigenvalue weighted by Crippen LogP contribution is 2.21. The van der Waals surface area contributed by atoms with Gasteiger partial charge in [-0.2, -0.15) is 0 Å². The van der Waals surface area contributed by atoms with E-state index in [2.05, 4.69) is 5.32 Å². The fourth-order valence-electron chi connectivity index (χ4n) is 1.55. The number of hydrogen-bond donors (Lipinski definition) is 3. The van der Waals surface area contributed by atoms with E-state index in [4.69, 9.17) is 4.42 Å². The highest BCUT2D eigenvalue weighted by Gasteiger charge is 2.12. The van der Waals surface area contributed by atoms with E-state index in [9.17, 15) is 15.0 Å². The summed E-state index contributed by atoms with van der Waals surface area (Å²) in [5.74, 6) is 0.658. The summed E-state index contributed by atoms with van der Waals surface area (Å²) in [5.41, 5.74) is 0.0262. The lowest BCUT2D eigenvalue weighted by atomic mass is 10.2. The third-order valence-electron chi connectivity index (χ3n) is 2.44. The molecular weight excluding hydrogens is 234 g/mol. The zero-order chi connectivity index (χ0) is 13.1. The predicted octanol–water partition coefficient (Wildman–Crippen LogP) is 1.93. The Balaban J connectivity index is 2.05. The van der Waals surface area contributed by atoms with Gasteiger partial charge >= 0.3 is 0 Å². The van der Waals surface area contributed by atoms with E-state index < -0.39 is 5.91 Å². The molecule has 0 atom stereocenters. The summed E-state index contributed by atoms with van der Waals surface area (Å²) < 4.78 is 5.30. The van der Waals surface area contributed by atoms with Gasteiger partial charge in [-0.25, -0.2) is 0 Å². The Morgan fingerprint density at radius 3 is 2.72 bits per heavy atom. The van der Waals surface area contributed by atoms with Crippen molar-refractivity contribution in [1.82, 2.24) is 5.32 Å². The number of nitrogens with one attached hydrogen (secondary N) is 1. The average molecular weight is 247 g/mol. The van der Waals surface area contributed by atoms with E-state index >= 15 is 0 Å². The molecular formula is C13H13NO4. The Morgan fingerprint density at radius 2 is 2.06 bits per heavy atom. The number of aromatic hydroxyl groups is 2. The molecule has 0 aliphatic rings. The van der Waals surface area contributed by atoms with Crippen LogP contribution in [0.5, 0.6) is 11.5 Å². The Hall–Kier alpha value is -2.43. The number of phenols is 2. The van der Waals surface area contributed by atoms with Crippen LogP contribution >= 0.6 is 0 Å². The molecule has 0 fully saturated rings. The third kappa shape index (κ3) is 2.63. The Bertz CT molecular complexity index is 574. The SMILES string of the molecule is Cc1ccc(CNC(=O)c2cc(O)ccc2O)o1. The van der Waals surface area contributed by atoms with Crippen LogP contribution in [0.3, 0.4) is 0 Å². The number of amides is 1. The van der Waals surface area contributed by atoms with Crippen LogP contribution in [0.2, 0.25) is 0 Å². The number of carbonyl (C=O) groups is 1. The minimum atomic E-state index is -0.475. The first-order chi connectivity index (χ1) is 8.56. The van der Waals surface area contributed by atoms with Gasteiger partial charge in [-0.1, -0.05) is 0 Å². The number of hydrogen-bond acceptors (Lipinski definition) is 4. The Kier molecular flexibility index (Phi) is 3.23. The highest BCUT2D eigenvalue weighted by molar-refractivity contribution is 5.97. The summed E-state index contributed by atoms with van der Waals surface area (Å²) >= 11 is 0. The first kappa shape index (κ1) is 12.0. The minimum absolute atomic E-state index is 0.0262. The quantitative estimate of drug-likeness (QED) is 0.724. The maximum absolute atomic E-state index is 11.8. The maximum Gasteiger partial charge on any atom is 0.255 e. The zero-order valence-electron chi connectivity index (χ0n) is 9.80. The first-order valence-corrected chi connectivity index (χ1v) is 5.42. The van der Waals surface area contributed by atoms with Gasteiger partial charge in [-0.15, -0.1) is 0 Å². The normalized spacial score (nSPS) is 10.3. The van der Waals surface area contributed by atoms with E-state index in [1.165, 1.54) is 18.2 Å². The molecule has 5 heteroatoms. The van der Waals surface area contributed by atoms with Gasteiger partial charge < -0.3 is 19.9 Å². The molecule has 2 rings (SSSR count). The zero-order valence-corrected chi connectivity index (χ0v) is 9.80. The summed E-state index contributed by atoms with van der Waals surface area (Å²) in [7, 11) is 0. The van der Waals surface area contributed by atoms with Gasteiger partial charge in [0.2, 0.25) is 0 Å². The lowest BCUT2D eigenvalue weighted by Crippen LogP contribution is -2.22. The molecule has 0 bridgehead atoms. The topological polar surface area (TPSA) is 82.7 Å². The number of aryl methyl sites for hydroxylation is 1. The van der Waals surface area contributed by atoms with Crippen molar-refractivity contribution >= 4 is 5.91 Å². The van der Waals surface area contributed by atoms with E-state index in [1.54, 1.807) is 12.1 Å². The largest absolute Gasteiger partial charge is 0.508 e. The fourth-order valence-corrected chi connectivity index (χ4v) is 1.55. The summed E-state index contributed by atoms with van der Waals surface area (Å²) in [5, 5.41) is 21.4. The summed E-state index contributed by atoms with van der Waals surface area (Å²) in [6, 6.07) is 7.34. The summed E-state index contributed by atoms with van der Waals surface area (Å²) in [4.78, 5) is 11.8. The average Bonchev–Trinajstić information content (AvgIpc) is 2.75. The van der Waals surface area contributed by atoms with Gasteiger partial charge in [0.05, 0.1) is 12.1 Å². The molecule has 3 N–H and O–H groups in total. The van der Waals surface area contributed by atoms with Crippen LogP contribution in [0.1, 0.15) is 21.9 Å². The second kappa shape index (κ2) is 4.83. The molecule has 1 amide bonds. The van der Waals surface area contributed by atoms with E-state index in [0.717, 1.165) is 5.76 Å². The molecule has 94 valence electrons. The van der Waals surface area contributed by atoms with Gasteiger partial charge in [0.1, 0.15) is 23.0 Å². The van der Waals surface area contributed by atoms with Crippen LogP contribution in [-0.2, 0) is 6.54 Å². The number of furan rings is 1. The van der Waals surface area contributed by atoms with Crippen LogP contribution in [0, 0.1) is 6.92 Å². The van der Waals surface area contributed by atoms with Crippen molar-refractivity contribution in [1.29, 1.82) is 0 Å². The van der Waals surface area contributed by atoms with Crippen LogP contribution < -0.4 is 5.32 Å². The molecule has 0 unspecified atom stereocenters. The van der Waals surface area contributed by atoms with E-state index in [-0.39, 0.29) is 23.6 Å².